The lowest BCUT2D eigenvalue weighted by Crippen LogP contribution is -2.01. The van der Waals surface area contributed by atoms with Crippen molar-refractivity contribution in [2.45, 2.75) is 20.3 Å². The summed E-state index contributed by atoms with van der Waals surface area (Å²) in [4.78, 5) is 8.09. The van der Waals surface area contributed by atoms with Crippen molar-refractivity contribution in [2.24, 2.45) is 0 Å². The summed E-state index contributed by atoms with van der Waals surface area (Å²) in [6, 6.07) is 1.98. The van der Waals surface area contributed by atoms with Gasteiger partial charge in [-0.1, -0.05) is 6.92 Å². The number of aromatic nitrogens is 2. The van der Waals surface area contributed by atoms with Gasteiger partial charge in [0.2, 0.25) is 5.88 Å². The summed E-state index contributed by atoms with van der Waals surface area (Å²) >= 11 is 0. The second kappa shape index (κ2) is 4.41. The maximum atomic E-state index is 8.70. The highest BCUT2D eigenvalue weighted by Crippen LogP contribution is 2.12. The van der Waals surface area contributed by atoms with Gasteiger partial charge in [0, 0.05) is 6.42 Å². The minimum absolute atomic E-state index is 0.386. The maximum absolute atomic E-state index is 8.70. The van der Waals surface area contributed by atoms with Gasteiger partial charge in [0.25, 0.3) is 0 Å². The molecule has 0 unspecified atom stereocenters. The van der Waals surface area contributed by atoms with Crippen LogP contribution in [0.25, 0.3) is 0 Å². The van der Waals surface area contributed by atoms with Crippen LogP contribution in [0.5, 0.6) is 5.88 Å². The molecule has 0 saturated heterocycles. The van der Waals surface area contributed by atoms with Gasteiger partial charge in [-0.15, -0.1) is 0 Å². The van der Waals surface area contributed by atoms with E-state index >= 15 is 0 Å². The lowest BCUT2D eigenvalue weighted by Gasteiger charge is -2.04. The van der Waals surface area contributed by atoms with E-state index in [9.17, 15) is 0 Å². The third kappa shape index (κ3) is 2.15. The topological polar surface area (TPSA) is 58.8 Å². The molecule has 1 aromatic rings. The van der Waals surface area contributed by atoms with Gasteiger partial charge in [-0.3, -0.25) is 0 Å². The zero-order valence-electron chi connectivity index (χ0n) is 7.74. The van der Waals surface area contributed by atoms with E-state index in [-0.39, 0.29) is 0 Å². The van der Waals surface area contributed by atoms with Crippen molar-refractivity contribution in [1.29, 1.82) is 5.26 Å². The van der Waals surface area contributed by atoms with Gasteiger partial charge < -0.3 is 4.74 Å². The Morgan fingerprint density at radius 2 is 2.31 bits per heavy atom. The van der Waals surface area contributed by atoms with Crippen LogP contribution in [0, 0.1) is 11.3 Å². The van der Waals surface area contributed by atoms with Crippen LogP contribution in [0.15, 0.2) is 6.20 Å². The van der Waals surface area contributed by atoms with Crippen molar-refractivity contribution in [3.63, 3.8) is 0 Å². The highest BCUT2D eigenvalue weighted by atomic mass is 16.5. The molecule has 1 aromatic heterocycles. The first-order chi connectivity index (χ1) is 6.31. The fourth-order valence-electron chi connectivity index (χ4n) is 0.894. The van der Waals surface area contributed by atoms with Crippen molar-refractivity contribution < 1.29 is 4.74 Å². The summed E-state index contributed by atoms with van der Waals surface area (Å²) in [6.07, 6.45) is 2.24. The van der Waals surface area contributed by atoms with Gasteiger partial charge in [0.15, 0.2) is 0 Å². The molecule has 0 aliphatic rings. The number of ether oxygens (including phenoxy) is 1. The molecule has 0 atom stereocenters. The SMILES string of the molecule is CCOc1nc(CC)ncc1C#N. The van der Waals surface area contributed by atoms with Crippen LogP contribution in [-0.4, -0.2) is 16.6 Å². The number of hydrogen-bond donors (Lipinski definition) is 0. The molecule has 1 heterocycles. The molecule has 1 rings (SSSR count). The summed E-state index contributed by atoms with van der Waals surface area (Å²) in [5, 5.41) is 8.70. The average molecular weight is 177 g/mol. The van der Waals surface area contributed by atoms with E-state index < -0.39 is 0 Å². The Morgan fingerprint density at radius 3 is 2.85 bits per heavy atom. The van der Waals surface area contributed by atoms with Crippen LogP contribution in [0.1, 0.15) is 25.2 Å². The summed E-state index contributed by atoms with van der Waals surface area (Å²) in [5.74, 6) is 1.08. The van der Waals surface area contributed by atoms with Crippen molar-refractivity contribution in [3.8, 4) is 11.9 Å². The molecule has 0 aliphatic heterocycles. The molecule has 0 N–H and O–H groups in total. The summed E-state index contributed by atoms with van der Waals surface area (Å²) in [5.41, 5.74) is 0.388. The minimum atomic E-state index is 0.386. The van der Waals surface area contributed by atoms with E-state index in [4.69, 9.17) is 10.00 Å². The third-order valence-electron chi connectivity index (χ3n) is 1.52. The largest absolute Gasteiger partial charge is 0.477 e. The summed E-state index contributed by atoms with van der Waals surface area (Å²) < 4.78 is 5.20. The Hall–Kier alpha value is -1.63. The summed E-state index contributed by atoms with van der Waals surface area (Å²) in [6.45, 7) is 4.32. The second-order valence-electron chi connectivity index (χ2n) is 2.40. The smallest absolute Gasteiger partial charge is 0.235 e. The zero-order valence-corrected chi connectivity index (χ0v) is 7.74. The van der Waals surface area contributed by atoms with Crippen molar-refractivity contribution in [1.82, 2.24) is 9.97 Å². The molecular weight excluding hydrogens is 166 g/mol. The average Bonchev–Trinajstić information content (AvgIpc) is 2.18. The molecule has 4 heteroatoms. The first-order valence-electron chi connectivity index (χ1n) is 4.20. The molecule has 0 spiro atoms. The monoisotopic (exact) mass is 177 g/mol. The minimum Gasteiger partial charge on any atom is -0.477 e. The van der Waals surface area contributed by atoms with Crippen LogP contribution in [0.3, 0.4) is 0 Å². The van der Waals surface area contributed by atoms with Gasteiger partial charge in [-0.2, -0.15) is 10.2 Å². The van der Waals surface area contributed by atoms with E-state index in [2.05, 4.69) is 9.97 Å². The number of nitrogens with zero attached hydrogens (tertiary/aromatic N) is 3. The van der Waals surface area contributed by atoms with Gasteiger partial charge in [0.1, 0.15) is 17.5 Å². The second-order valence-corrected chi connectivity index (χ2v) is 2.40. The first kappa shape index (κ1) is 9.46. The van der Waals surface area contributed by atoms with Crippen molar-refractivity contribution in [3.05, 3.63) is 17.6 Å². The van der Waals surface area contributed by atoms with Crippen LogP contribution in [0.2, 0.25) is 0 Å². The van der Waals surface area contributed by atoms with E-state index in [1.807, 2.05) is 19.9 Å². The predicted octanol–water partition coefficient (Wildman–Crippen LogP) is 1.31. The number of aryl methyl sites for hydroxylation is 1. The molecule has 0 fully saturated rings. The zero-order chi connectivity index (χ0) is 9.68. The summed E-state index contributed by atoms with van der Waals surface area (Å²) in [7, 11) is 0. The fraction of sp³-hybridized carbons (Fsp3) is 0.444. The standard InChI is InChI=1S/C9H11N3O/c1-3-8-11-6-7(5-10)9(12-8)13-4-2/h6H,3-4H2,1-2H3. The molecule has 0 aliphatic carbocycles. The van der Waals surface area contributed by atoms with Gasteiger partial charge >= 0.3 is 0 Å². The highest BCUT2D eigenvalue weighted by Gasteiger charge is 2.05. The maximum Gasteiger partial charge on any atom is 0.235 e. The van der Waals surface area contributed by atoms with Crippen LogP contribution in [-0.2, 0) is 6.42 Å². The van der Waals surface area contributed by atoms with Gasteiger partial charge in [-0.25, -0.2) is 4.98 Å². The van der Waals surface area contributed by atoms with E-state index in [1.165, 1.54) is 6.20 Å². The molecule has 0 radical (unpaired) electrons. The van der Waals surface area contributed by atoms with Crippen LogP contribution < -0.4 is 4.74 Å². The van der Waals surface area contributed by atoms with Crippen LogP contribution in [0.4, 0.5) is 0 Å². The van der Waals surface area contributed by atoms with E-state index in [1.54, 1.807) is 0 Å². The third-order valence-corrected chi connectivity index (χ3v) is 1.52. The van der Waals surface area contributed by atoms with E-state index in [0.717, 1.165) is 6.42 Å². The Labute approximate surface area is 77.2 Å². The molecule has 0 amide bonds. The molecule has 4 nitrogen and oxygen atoms in total. The first-order valence-corrected chi connectivity index (χ1v) is 4.20. The number of hydrogen-bond acceptors (Lipinski definition) is 4. The number of rotatable bonds is 3. The lowest BCUT2D eigenvalue weighted by atomic mass is 10.3. The molecule has 13 heavy (non-hydrogen) atoms. The van der Waals surface area contributed by atoms with Crippen molar-refractivity contribution >= 4 is 0 Å². The van der Waals surface area contributed by atoms with Crippen molar-refractivity contribution in [2.75, 3.05) is 6.61 Å². The molecule has 68 valence electrons. The highest BCUT2D eigenvalue weighted by molar-refractivity contribution is 5.35. The molecule has 0 saturated carbocycles. The van der Waals surface area contributed by atoms with Gasteiger partial charge in [-0.05, 0) is 6.92 Å². The van der Waals surface area contributed by atoms with E-state index in [0.29, 0.717) is 23.9 Å². The molecule has 0 bridgehead atoms. The molecule has 0 aromatic carbocycles. The van der Waals surface area contributed by atoms with Gasteiger partial charge in [0.05, 0.1) is 12.8 Å². The quantitative estimate of drug-likeness (QED) is 0.698. The Kier molecular flexibility index (Phi) is 3.21. The molecular formula is C9H11N3O. The van der Waals surface area contributed by atoms with Crippen LogP contribution >= 0.6 is 0 Å². The Balaban J connectivity index is 3.04. The normalized spacial score (nSPS) is 9.31. The fourth-order valence-corrected chi connectivity index (χ4v) is 0.894. The predicted molar refractivity (Wildman–Crippen MR) is 47.3 cm³/mol. The Morgan fingerprint density at radius 1 is 1.54 bits per heavy atom. The Bertz CT molecular complexity index is 330. The lowest BCUT2D eigenvalue weighted by molar-refractivity contribution is 0.323. The number of nitriles is 1.